The molecule has 2 fully saturated rings. The lowest BCUT2D eigenvalue weighted by molar-refractivity contribution is -0.160. The van der Waals surface area contributed by atoms with Crippen LogP contribution >= 0.6 is 0 Å². The van der Waals surface area contributed by atoms with Crippen molar-refractivity contribution < 1.29 is 19.4 Å². The number of ether oxygens (including phenoxy) is 1. The first-order valence-corrected chi connectivity index (χ1v) is 4.97. The largest absolute Gasteiger partial charge is 0.480 e. The number of aliphatic carboxylic acids is 1. The fourth-order valence-electron chi connectivity index (χ4n) is 3.00. The SMILES string of the molecule is COC(=O)C1(C(=O)O)C2CCCCC21. The fourth-order valence-corrected chi connectivity index (χ4v) is 3.00. The Balaban J connectivity index is 2.26. The molecule has 0 amide bonds. The van der Waals surface area contributed by atoms with Gasteiger partial charge in [0.2, 0.25) is 0 Å². The number of methoxy groups -OCH3 is 1. The van der Waals surface area contributed by atoms with Gasteiger partial charge in [0.15, 0.2) is 5.41 Å². The molecule has 0 bridgehead atoms. The van der Waals surface area contributed by atoms with Gasteiger partial charge >= 0.3 is 11.9 Å². The number of carboxylic acids is 1. The van der Waals surface area contributed by atoms with Crippen molar-refractivity contribution in [2.45, 2.75) is 25.7 Å². The zero-order valence-corrected chi connectivity index (χ0v) is 8.16. The van der Waals surface area contributed by atoms with E-state index >= 15 is 0 Å². The molecule has 0 aromatic carbocycles. The monoisotopic (exact) mass is 198 g/mol. The van der Waals surface area contributed by atoms with Crippen LogP contribution < -0.4 is 0 Å². The first kappa shape index (κ1) is 9.49. The number of esters is 1. The number of carbonyl (C=O) groups excluding carboxylic acids is 1. The van der Waals surface area contributed by atoms with Crippen molar-refractivity contribution in [3.05, 3.63) is 0 Å². The first-order chi connectivity index (χ1) is 6.65. The van der Waals surface area contributed by atoms with Crippen LogP contribution in [-0.4, -0.2) is 24.2 Å². The van der Waals surface area contributed by atoms with Crippen LogP contribution in [-0.2, 0) is 14.3 Å². The summed E-state index contributed by atoms with van der Waals surface area (Å²) in [5.74, 6) is -1.49. The minimum Gasteiger partial charge on any atom is -0.480 e. The molecular formula is C10H14O4. The van der Waals surface area contributed by atoms with Crippen LogP contribution in [0, 0.1) is 17.3 Å². The molecule has 0 saturated heterocycles. The lowest BCUT2D eigenvalue weighted by Gasteiger charge is -2.08. The van der Waals surface area contributed by atoms with Gasteiger partial charge < -0.3 is 9.84 Å². The molecule has 1 N–H and O–H groups in total. The van der Waals surface area contributed by atoms with Crippen molar-refractivity contribution in [2.24, 2.45) is 17.3 Å². The molecule has 14 heavy (non-hydrogen) atoms. The van der Waals surface area contributed by atoms with E-state index in [0.717, 1.165) is 25.7 Å². The highest BCUT2D eigenvalue weighted by atomic mass is 16.5. The number of hydrogen-bond donors (Lipinski definition) is 1. The summed E-state index contributed by atoms with van der Waals surface area (Å²) in [7, 11) is 1.26. The fraction of sp³-hybridized carbons (Fsp3) is 0.800. The van der Waals surface area contributed by atoms with Crippen LogP contribution in [0.15, 0.2) is 0 Å². The Kier molecular flexibility index (Phi) is 2.01. The zero-order chi connectivity index (χ0) is 10.3. The minimum atomic E-state index is -1.19. The van der Waals surface area contributed by atoms with Crippen LogP contribution in [0.2, 0.25) is 0 Å². The van der Waals surface area contributed by atoms with Gasteiger partial charge in [-0.3, -0.25) is 9.59 Å². The lowest BCUT2D eigenvalue weighted by Crippen LogP contribution is -2.30. The maximum absolute atomic E-state index is 11.5. The molecule has 4 heteroatoms. The minimum absolute atomic E-state index is 0.0289. The smallest absolute Gasteiger partial charge is 0.323 e. The Morgan fingerprint density at radius 3 is 2.14 bits per heavy atom. The number of hydrogen-bond acceptors (Lipinski definition) is 3. The second-order valence-electron chi connectivity index (χ2n) is 4.16. The van der Waals surface area contributed by atoms with Gasteiger partial charge in [-0.15, -0.1) is 0 Å². The van der Waals surface area contributed by atoms with Crippen LogP contribution in [0.1, 0.15) is 25.7 Å². The number of rotatable bonds is 2. The molecule has 0 heterocycles. The molecule has 0 radical (unpaired) electrons. The van der Waals surface area contributed by atoms with E-state index in [1.54, 1.807) is 0 Å². The summed E-state index contributed by atoms with van der Waals surface area (Å²) >= 11 is 0. The van der Waals surface area contributed by atoms with E-state index < -0.39 is 17.4 Å². The predicted molar refractivity (Wildman–Crippen MR) is 47.5 cm³/mol. The van der Waals surface area contributed by atoms with Gasteiger partial charge in [0, 0.05) is 0 Å². The van der Waals surface area contributed by atoms with Crippen molar-refractivity contribution in [1.82, 2.24) is 0 Å². The Labute approximate surface area is 82.2 Å². The molecule has 0 spiro atoms. The van der Waals surface area contributed by atoms with Gasteiger partial charge in [-0.25, -0.2) is 0 Å². The van der Waals surface area contributed by atoms with Gasteiger partial charge in [0.25, 0.3) is 0 Å². The van der Waals surface area contributed by atoms with E-state index in [4.69, 9.17) is 5.11 Å². The molecule has 78 valence electrons. The summed E-state index contributed by atoms with van der Waals surface area (Å²) in [5, 5.41) is 9.14. The van der Waals surface area contributed by atoms with Crippen molar-refractivity contribution in [3.8, 4) is 0 Å². The quantitative estimate of drug-likeness (QED) is 0.532. The average molecular weight is 198 g/mol. The third-order valence-corrected chi connectivity index (χ3v) is 3.70. The molecule has 0 aliphatic heterocycles. The average Bonchev–Trinajstić information content (AvgIpc) is 2.87. The van der Waals surface area contributed by atoms with E-state index in [1.807, 2.05) is 0 Å². The second kappa shape index (κ2) is 2.97. The lowest BCUT2D eigenvalue weighted by atomic mass is 10.0. The van der Waals surface area contributed by atoms with Crippen LogP contribution in [0.25, 0.3) is 0 Å². The Hall–Kier alpha value is -1.06. The molecule has 4 nitrogen and oxygen atoms in total. The van der Waals surface area contributed by atoms with Gasteiger partial charge in [0.05, 0.1) is 7.11 Å². The normalized spacial score (nSPS) is 39.8. The van der Waals surface area contributed by atoms with Crippen LogP contribution in [0.5, 0.6) is 0 Å². The van der Waals surface area contributed by atoms with Crippen molar-refractivity contribution in [2.75, 3.05) is 7.11 Å². The summed E-state index contributed by atoms with van der Waals surface area (Å²) in [6.07, 6.45) is 3.78. The molecule has 0 aromatic heterocycles. The first-order valence-electron chi connectivity index (χ1n) is 4.97. The molecule has 2 aliphatic rings. The maximum atomic E-state index is 11.5. The second-order valence-corrected chi connectivity index (χ2v) is 4.16. The standard InChI is InChI=1S/C10H14O4/c1-14-9(13)10(8(11)12)6-4-2-3-5-7(6)10/h6-7H,2-5H2,1H3,(H,11,12). The third kappa shape index (κ3) is 0.938. The number of carboxylic acid groups (broad SMARTS) is 1. The molecule has 2 saturated carbocycles. The van der Waals surface area contributed by atoms with Crippen molar-refractivity contribution in [3.63, 3.8) is 0 Å². The van der Waals surface area contributed by atoms with Gasteiger partial charge in [-0.05, 0) is 24.7 Å². The molecule has 2 atom stereocenters. The van der Waals surface area contributed by atoms with Gasteiger partial charge in [0.1, 0.15) is 0 Å². The van der Waals surface area contributed by atoms with Gasteiger partial charge in [-0.2, -0.15) is 0 Å². The van der Waals surface area contributed by atoms with E-state index in [2.05, 4.69) is 4.74 Å². The Morgan fingerprint density at radius 2 is 1.79 bits per heavy atom. The Bertz CT molecular complexity index is 272. The van der Waals surface area contributed by atoms with E-state index in [1.165, 1.54) is 7.11 Å². The van der Waals surface area contributed by atoms with Crippen LogP contribution in [0.4, 0.5) is 0 Å². The van der Waals surface area contributed by atoms with E-state index in [-0.39, 0.29) is 11.8 Å². The van der Waals surface area contributed by atoms with Crippen molar-refractivity contribution >= 4 is 11.9 Å². The van der Waals surface area contributed by atoms with Crippen LogP contribution in [0.3, 0.4) is 0 Å². The summed E-state index contributed by atoms with van der Waals surface area (Å²) in [5.41, 5.74) is -1.19. The summed E-state index contributed by atoms with van der Waals surface area (Å²) in [4.78, 5) is 22.7. The molecule has 2 aliphatic carbocycles. The van der Waals surface area contributed by atoms with Gasteiger partial charge in [-0.1, -0.05) is 12.8 Å². The number of fused-ring (bicyclic) bond motifs is 1. The summed E-state index contributed by atoms with van der Waals surface area (Å²) in [6, 6.07) is 0. The molecular weight excluding hydrogens is 184 g/mol. The zero-order valence-electron chi connectivity index (χ0n) is 8.16. The molecule has 2 rings (SSSR count). The number of carbonyl (C=O) groups is 2. The Morgan fingerprint density at radius 1 is 1.29 bits per heavy atom. The van der Waals surface area contributed by atoms with Crippen molar-refractivity contribution in [1.29, 1.82) is 0 Å². The molecule has 2 unspecified atom stereocenters. The third-order valence-electron chi connectivity index (χ3n) is 3.70. The topological polar surface area (TPSA) is 63.6 Å². The van der Waals surface area contributed by atoms with E-state index in [9.17, 15) is 9.59 Å². The predicted octanol–water partition coefficient (Wildman–Crippen LogP) is 1.05. The summed E-state index contributed by atoms with van der Waals surface area (Å²) < 4.78 is 4.61. The maximum Gasteiger partial charge on any atom is 0.323 e. The highest BCUT2D eigenvalue weighted by Gasteiger charge is 2.75. The van der Waals surface area contributed by atoms with E-state index in [0.29, 0.717) is 0 Å². The highest BCUT2D eigenvalue weighted by molar-refractivity contribution is 6.03. The summed E-state index contributed by atoms with van der Waals surface area (Å²) in [6.45, 7) is 0. The molecule has 0 aromatic rings. The highest BCUT2D eigenvalue weighted by Crippen LogP contribution is 2.66.